The van der Waals surface area contributed by atoms with E-state index in [4.69, 9.17) is 4.74 Å². The number of amides is 1. The van der Waals surface area contributed by atoms with Crippen molar-refractivity contribution in [1.82, 2.24) is 14.5 Å². The van der Waals surface area contributed by atoms with Gasteiger partial charge in [-0.25, -0.2) is 31.0 Å². The van der Waals surface area contributed by atoms with Gasteiger partial charge in [0, 0.05) is 6.54 Å². The van der Waals surface area contributed by atoms with E-state index in [2.05, 4.69) is 5.10 Å². The molecule has 0 bridgehead atoms. The van der Waals surface area contributed by atoms with Gasteiger partial charge in [-0.2, -0.15) is 40.2 Å². The Morgan fingerprint density at radius 3 is 2.20 bits per heavy atom. The Hall–Kier alpha value is -3.40. The van der Waals surface area contributed by atoms with Crippen LogP contribution in [0.3, 0.4) is 0 Å². The van der Waals surface area contributed by atoms with Gasteiger partial charge in [0.15, 0.2) is 5.75 Å². The topological polar surface area (TPSA) is 151 Å². The number of rotatable bonds is 9. The summed E-state index contributed by atoms with van der Waals surface area (Å²) in [7, 11) is -10.0. The first kappa shape index (κ1) is 35.1. The molecule has 0 spiro atoms. The number of alkyl halides is 8. The third-order valence-electron chi connectivity index (χ3n) is 6.54. The maximum atomic E-state index is 13.9. The molecule has 2 atom stereocenters. The van der Waals surface area contributed by atoms with E-state index < -0.39 is 103 Å². The highest BCUT2D eigenvalue weighted by Gasteiger charge is 2.54. The fourth-order valence-electron chi connectivity index (χ4n) is 4.31. The average molecular weight is 688 g/mol. The zero-order chi connectivity index (χ0) is 33.8. The third-order valence-corrected chi connectivity index (χ3v) is 9.85. The van der Waals surface area contributed by atoms with Crippen LogP contribution in [0.2, 0.25) is 0 Å². The highest BCUT2D eigenvalue weighted by Crippen LogP contribution is 2.45. The molecular weight excluding hydrogens is 662 g/mol. The summed E-state index contributed by atoms with van der Waals surface area (Å²) in [6.07, 6.45) is -13.5. The van der Waals surface area contributed by atoms with Crippen LogP contribution >= 0.6 is 0 Å². The molecule has 0 fully saturated rings. The van der Waals surface area contributed by atoms with Gasteiger partial charge in [-0.1, -0.05) is 0 Å². The molecule has 1 aromatic carbocycles. The molecule has 2 N–H and O–H groups in total. The molecule has 12 nitrogen and oxygen atoms in total. The second-order valence-corrected chi connectivity index (χ2v) is 13.7. The van der Waals surface area contributed by atoms with Crippen molar-refractivity contribution < 1.29 is 66.6 Å². The zero-order valence-corrected chi connectivity index (χ0v) is 24.6. The first-order chi connectivity index (χ1) is 19.8. The van der Waals surface area contributed by atoms with E-state index in [9.17, 15) is 61.9 Å². The summed E-state index contributed by atoms with van der Waals surface area (Å²) < 4.78 is 166. The van der Waals surface area contributed by atoms with E-state index in [1.54, 1.807) is 4.72 Å². The van der Waals surface area contributed by atoms with Crippen LogP contribution in [0.15, 0.2) is 29.3 Å². The fraction of sp³-hybridized carbons (Fsp3) is 0.545. The Kier molecular flexibility index (Phi) is 9.18. The maximum Gasteiger partial charge on any atom is 0.412 e. The van der Waals surface area contributed by atoms with Gasteiger partial charge < -0.3 is 9.84 Å². The molecule has 0 radical (unpaired) electrons. The molecule has 1 aliphatic heterocycles. The highest BCUT2D eigenvalue weighted by atomic mass is 32.2. The lowest BCUT2D eigenvalue weighted by Crippen LogP contribution is -2.57. The minimum absolute atomic E-state index is 0.00538. The zero-order valence-electron chi connectivity index (χ0n) is 23.0. The number of carboxylic acid groups (broad SMARTS) is 1. The molecule has 3 rings (SSSR count). The molecule has 0 unspecified atom stereocenters. The standard InChI is InChI=1S/C22H25F8N5O7S2/c1-11-17(9-33(32-11)18(23)24)44(40,41)35-12(2)16(8-31-43(38,39)10-21(25,26)27)42-15-6-5-13(7-14(15)35)34(19(36)37)20(3,4)22(28,29)30/h5-7,9,12,16,18,31H,8,10H2,1-4H3,(H,36,37)/t12-,16+/m1/s1. The van der Waals surface area contributed by atoms with E-state index in [0.29, 0.717) is 30.4 Å². The van der Waals surface area contributed by atoms with E-state index in [0.717, 1.165) is 26.0 Å². The summed E-state index contributed by atoms with van der Waals surface area (Å²) in [5.41, 5.74) is -4.79. The summed E-state index contributed by atoms with van der Waals surface area (Å²) >= 11 is 0. The van der Waals surface area contributed by atoms with Crippen LogP contribution in [-0.4, -0.2) is 80.2 Å². The monoisotopic (exact) mass is 687 g/mol. The molecule has 1 aliphatic rings. The number of halogens is 8. The van der Waals surface area contributed by atoms with Crippen molar-refractivity contribution in [3.05, 3.63) is 30.1 Å². The first-order valence-corrected chi connectivity index (χ1v) is 15.2. The number of anilines is 2. The summed E-state index contributed by atoms with van der Waals surface area (Å²) in [5.74, 6) is -2.75. The van der Waals surface area contributed by atoms with Gasteiger partial charge in [0.05, 0.1) is 29.3 Å². The first-order valence-electron chi connectivity index (χ1n) is 12.1. The number of aromatic nitrogens is 2. The molecule has 0 aliphatic carbocycles. The molecule has 1 amide bonds. The lowest BCUT2D eigenvalue weighted by Gasteiger charge is -2.42. The second-order valence-electron chi connectivity index (χ2n) is 10.1. The highest BCUT2D eigenvalue weighted by molar-refractivity contribution is 7.93. The van der Waals surface area contributed by atoms with Gasteiger partial charge in [0.25, 0.3) is 10.0 Å². The predicted molar refractivity (Wildman–Crippen MR) is 137 cm³/mol. The summed E-state index contributed by atoms with van der Waals surface area (Å²) in [4.78, 5) is 11.1. The lowest BCUT2D eigenvalue weighted by molar-refractivity contribution is -0.175. The number of ether oxygens (including phenoxy) is 1. The second kappa shape index (κ2) is 11.5. The Labute approximate surface area is 245 Å². The quantitative estimate of drug-likeness (QED) is 0.372. The summed E-state index contributed by atoms with van der Waals surface area (Å²) in [6, 6.07) is 0.835. The average Bonchev–Trinajstić information content (AvgIpc) is 3.23. The SMILES string of the molecule is Cc1nn(C(F)F)cc1S(=O)(=O)N1c2cc(N(C(=O)O)C(C)(C)C(F)(F)F)ccc2O[C@@H](CNS(=O)(=O)CC(F)(F)F)[C@H]1C. The maximum absolute atomic E-state index is 13.9. The Morgan fingerprint density at radius 2 is 1.73 bits per heavy atom. The third kappa shape index (κ3) is 6.95. The number of benzene rings is 1. The smallest absolute Gasteiger partial charge is 0.412 e. The van der Waals surface area contributed by atoms with Crippen molar-refractivity contribution in [2.75, 3.05) is 21.5 Å². The van der Waals surface area contributed by atoms with Gasteiger partial charge in [-0.15, -0.1) is 0 Å². The molecule has 22 heteroatoms. The van der Waals surface area contributed by atoms with Crippen molar-refractivity contribution in [2.45, 2.75) is 69.2 Å². The largest absolute Gasteiger partial charge is 0.485 e. The number of nitrogens with one attached hydrogen (secondary N) is 1. The number of hydrogen-bond donors (Lipinski definition) is 2. The van der Waals surface area contributed by atoms with Crippen LogP contribution < -0.4 is 18.7 Å². The molecular formula is C22H25F8N5O7S2. The Bertz CT molecular complexity index is 1630. The minimum atomic E-state index is -5.13. The normalized spacial score (nSPS) is 18.2. The van der Waals surface area contributed by atoms with E-state index in [1.165, 1.54) is 0 Å². The van der Waals surface area contributed by atoms with Crippen molar-refractivity contribution >= 4 is 37.5 Å². The molecule has 44 heavy (non-hydrogen) atoms. The van der Waals surface area contributed by atoms with Gasteiger partial charge in [0.2, 0.25) is 10.0 Å². The molecule has 0 saturated carbocycles. The number of sulfonamides is 2. The van der Waals surface area contributed by atoms with E-state index in [-0.39, 0.29) is 9.58 Å². The van der Waals surface area contributed by atoms with Gasteiger partial charge in [-0.3, -0.25) is 9.21 Å². The minimum Gasteiger partial charge on any atom is -0.485 e. The van der Waals surface area contributed by atoms with Crippen LogP contribution in [-0.2, 0) is 20.0 Å². The van der Waals surface area contributed by atoms with Crippen LogP contribution in [0.4, 0.5) is 51.3 Å². The van der Waals surface area contributed by atoms with Gasteiger partial charge >= 0.3 is 25.0 Å². The number of nitrogens with zero attached hydrogens (tertiary/aromatic N) is 4. The van der Waals surface area contributed by atoms with Crippen LogP contribution in [0.1, 0.15) is 33.0 Å². The van der Waals surface area contributed by atoms with Crippen LogP contribution in [0, 0.1) is 6.92 Å². The Morgan fingerprint density at radius 1 is 1.14 bits per heavy atom. The summed E-state index contributed by atoms with van der Waals surface area (Å²) in [5, 5.41) is 13.1. The van der Waals surface area contributed by atoms with Crippen molar-refractivity contribution in [1.29, 1.82) is 0 Å². The Balaban J connectivity index is 2.21. The molecule has 1 aromatic heterocycles. The fourth-order valence-corrected chi connectivity index (χ4v) is 7.10. The number of fused-ring (bicyclic) bond motifs is 1. The van der Waals surface area contributed by atoms with Gasteiger partial charge in [-0.05, 0) is 45.9 Å². The molecule has 2 heterocycles. The van der Waals surface area contributed by atoms with Crippen molar-refractivity contribution in [2.24, 2.45) is 0 Å². The number of hydrogen-bond acceptors (Lipinski definition) is 7. The number of aryl methyl sites for hydroxylation is 1. The lowest BCUT2D eigenvalue weighted by atomic mass is 10.0. The van der Waals surface area contributed by atoms with Crippen LogP contribution in [0.25, 0.3) is 0 Å². The van der Waals surface area contributed by atoms with E-state index >= 15 is 0 Å². The van der Waals surface area contributed by atoms with E-state index in [1.807, 2.05) is 0 Å². The predicted octanol–water partition coefficient (Wildman–Crippen LogP) is 4.24. The van der Waals surface area contributed by atoms with Gasteiger partial charge in [0.1, 0.15) is 22.3 Å². The van der Waals surface area contributed by atoms with Crippen molar-refractivity contribution in [3.63, 3.8) is 0 Å². The molecule has 248 valence electrons. The summed E-state index contributed by atoms with van der Waals surface area (Å²) in [6.45, 7) is -1.00. The van der Waals surface area contributed by atoms with Crippen molar-refractivity contribution in [3.8, 4) is 5.75 Å². The molecule has 2 aromatic rings. The molecule has 0 saturated heterocycles. The van der Waals surface area contributed by atoms with Crippen LogP contribution in [0.5, 0.6) is 5.75 Å². The number of carbonyl (C=O) groups is 1.